The molecule has 2 aliphatic heterocycles. The lowest BCUT2D eigenvalue weighted by Crippen LogP contribution is -2.44. The highest BCUT2D eigenvalue weighted by Crippen LogP contribution is 2.42. The van der Waals surface area contributed by atoms with Crippen LogP contribution in [0.1, 0.15) is 67.9 Å². The van der Waals surface area contributed by atoms with Crippen molar-refractivity contribution in [2.24, 2.45) is 0 Å². The van der Waals surface area contributed by atoms with Crippen molar-refractivity contribution in [2.75, 3.05) is 13.1 Å². The van der Waals surface area contributed by atoms with E-state index in [-0.39, 0.29) is 22.4 Å². The Bertz CT molecular complexity index is 1040. The second kappa shape index (κ2) is 8.63. The zero-order valence-corrected chi connectivity index (χ0v) is 19.0. The molecule has 0 saturated carbocycles. The fourth-order valence-electron chi connectivity index (χ4n) is 4.53. The van der Waals surface area contributed by atoms with E-state index in [1.54, 1.807) is 12.1 Å². The summed E-state index contributed by atoms with van der Waals surface area (Å²) >= 11 is 0. The molecule has 0 spiro atoms. The van der Waals surface area contributed by atoms with Crippen molar-refractivity contribution in [2.45, 2.75) is 62.5 Å². The number of ether oxygens (including phenoxy) is 1. The maximum atomic E-state index is 13.0. The Morgan fingerprint density at radius 1 is 1.06 bits per heavy atom. The molecular formula is C24H30N2O4S. The van der Waals surface area contributed by atoms with Crippen LogP contribution in [0.5, 0.6) is 5.75 Å². The average Bonchev–Trinajstić information content (AvgIpc) is 3.35. The molecule has 31 heavy (non-hydrogen) atoms. The van der Waals surface area contributed by atoms with Crippen molar-refractivity contribution in [3.8, 4) is 5.75 Å². The number of hydrogen-bond acceptors (Lipinski definition) is 4. The molecular weight excluding hydrogens is 412 g/mol. The van der Waals surface area contributed by atoms with E-state index in [0.29, 0.717) is 25.1 Å². The molecule has 0 bridgehead atoms. The molecule has 2 aromatic rings. The number of nitrogens with zero attached hydrogens (tertiary/aromatic N) is 1. The Labute approximate surface area is 184 Å². The molecule has 2 aromatic carbocycles. The molecule has 6 nitrogen and oxygen atoms in total. The minimum Gasteiger partial charge on any atom is -0.487 e. The highest BCUT2D eigenvalue weighted by atomic mass is 32.2. The Morgan fingerprint density at radius 2 is 1.71 bits per heavy atom. The summed E-state index contributed by atoms with van der Waals surface area (Å²) in [6, 6.07) is 13.9. The summed E-state index contributed by atoms with van der Waals surface area (Å²) in [6.07, 6.45) is 4.19. The van der Waals surface area contributed by atoms with Crippen LogP contribution in [0.4, 0.5) is 0 Å². The van der Waals surface area contributed by atoms with Crippen LogP contribution in [0.3, 0.4) is 0 Å². The third-order valence-electron chi connectivity index (χ3n) is 6.61. The van der Waals surface area contributed by atoms with Gasteiger partial charge in [-0.2, -0.15) is 4.31 Å². The zero-order chi connectivity index (χ0) is 22.1. The number of sulfonamides is 1. The first-order valence-electron chi connectivity index (χ1n) is 11.1. The van der Waals surface area contributed by atoms with Crippen LogP contribution >= 0.6 is 0 Å². The van der Waals surface area contributed by atoms with E-state index in [2.05, 4.69) is 19.2 Å². The first-order chi connectivity index (χ1) is 14.9. The monoisotopic (exact) mass is 442 g/mol. The molecule has 0 unspecified atom stereocenters. The third-order valence-corrected chi connectivity index (χ3v) is 8.52. The Hall–Kier alpha value is -2.38. The van der Waals surface area contributed by atoms with Gasteiger partial charge in [0.25, 0.3) is 5.91 Å². The van der Waals surface area contributed by atoms with Gasteiger partial charge in [-0.25, -0.2) is 8.42 Å². The minimum atomic E-state index is -3.49. The second-order valence-corrected chi connectivity index (χ2v) is 10.3. The van der Waals surface area contributed by atoms with E-state index in [1.807, 2.05) is 24.3 Å². The van der Waals surface area contributed by atoms with Crippen LogP contribution in [0.15, 0.2) is 53.4 Å². The molecule has 2 aliphatic rings. The number of carbonyl (C=O) groups excluding carboxylic acids is 1. The average molecular weight is 443 g/mol. The minimum absolute atomic E-state index is 0.162. The topological polar surface area (TPSA) is 75.7 Å². The van der Waals surface area contributed by atoms with Gasteiger partial charge in [0.2, 0.25) is 10.0 Å². The van der Waals surface area contributed by atoms with Crippen molar-refractivity contribution >= 4 is 15.9 Å². The van der Waals surface area contributed by atoms with Crippen molar-refractivity contribution in [1.29, 1.82) is 0 Å². The largest absolute Gasteiger partial charge is 0.487 e. The van der Waals surface area contributed by atoms with Gasteiger partial charge in [-0.1, -0.05) is 32.0 Å². The van der Waals surface area contributed by atoms with E-state index in [9.17, 15) is 13.2 Å². The molecule has 166 valence electrons. The molecule has 1 amide bonds. The quantitative estimate of drug-likeness (QED) is 0.724. The van der Waals surface area contributed by atoms with Gasteiger partial charge in [0.1, 0.15) is 11.4 Å². The van der Waals surface area contributed by atoms with Gasteiger partial charge < -0.3 is 10.1 Å². The standard InChI is InChI=1S/C24H30N2O4S/c1-3-24(4-2)17-21(20-9-5-6-10-22(20)30-24)25-23(27)18-11-13-19(14-12-18)31(28,29)26-15-7-8-16-26/h5-6,9-14,21H,3-4,7-8,15-17H2,1-2H3,(H,25,27)/t21-/m1/s1. The first-order valence-corrected chi connectivity index (χ1v) is 12.5. The number of benzene rings is 2. The van der Waals surface area contributed by atoms with E-state index >= 15 is 0 Å². The maximum absolute atomic E-state index is 13.0. The zero-order valence-electron chi connectivity index (χ0n) is 18.1. The summed E-state index contributed by atoms with van der Waals surface area (Å²) < 4.78 is 33.3. The Morgan fingerprint density at radius 3 is 2.35 bits per heavy atom. The summed E-state index contributed by atoms with van der Waals surface area (Å²) in [7, 11) is -3.49. The van der Waals surface area contributed by atoms with Crippen molar-refractivity contribution < 1.29 is 17.9 Å². The molecule has 1 fully saturated rings. The number of carbonyl (C=O) groups is 1. The molecule has 0 aliphatic carbocycles. The van der Waals surface area contributed by atoms with Crippen LogP contribution < -0.4 is 10.1 Å². The van der Waals surface area contributed by atoms with Crippen molar-refractivity contribution in [3.05, 3.63) is 59.7 Å². The van der Waals surface area contributed by atoms with Gasteiger partial charge in [-0.05, 0) is 56.0 Å². The number of amides is 1. The molecule has 0 radical (unpaired) electrons. The Balaban J connectivity index is 1.54. The van der Waals surface area contributed by atoms with Crippen LogP contribution in [0, 0.1) is 0 Å². The highest BCUT2D eigenvalue weighted by molar-refractivity contribution is 7.89. The molecule has 2 heterocycles. The fourth-order valence-corrected chi connectivity index (χ4v) is 6.04. The van der Waals surface area contributed by atoms with Crippen molar-refractivity contribution in [1.82, 2.24) is 9.62 Å². The molecule has 1 saturated heterocycles. The maximum Gasteiger partial charge on any atom is 0.251 e. The number of rotatable bonds is 6. The van der Waals surface area contributed by atoms with Crippen molar-refractivity contribution in [3.63, 3.8) is 0 Å². The molecule has 4 rings (SSSR count). The third kappa shape index (κ3) is 4.21. The van der Waals surface area contributed by atoms with Gasteiger partial charge in [0.05, 0.1) is 10.9 Å². The number of nitrogens with one attached hydrogen (secondary N) is 1. The lowest BCUT2D eigenvalue weighted by molar-refractivity contribution is 0.0227. The predicted octanol–water partition coefficient (Wildman–Crippen LogP) is 4.28. The second-order valence-electron chi connectivity index (χ2n) is 8.40. The van der Waals surface area contributed by atoms with E-state index < -0.39 is 10.0 Å². The molecule has 1 N–H and O–H groups in total. The summed E-state index contributed by atoms with van der Waals surface area (Å²) in [5, 5.41) is 3.15. The van der Waals surface area contributed by atoms with Crippen LogP contribution in [0.25, 0.3) is 0 Å². The lowest BCUT2D eigenvalue weighted by atomic mass is 9.83. The fraction of sp³-hybridized carbons (Fsp3) is 0.458. The van der Waals surface area contributed by atoms with E-state index in [4.69, 9.17) is 4.74 Å². The van der Waals surface area contributed by atoms with Crippen LogP contribution in [-0.4, -0.2) is 37.3 Å². The highest BCUT2D eigenvalue weighted by Gasteiger charge is 2.39. The molecule has 0 aromatic heterocycles. The molecule has 7 heteroatoms. The van der Waals surface area contributed by atoms with Gasteiger partial charge in [-0.15, -0.1) is 0 Å². The SMILES string of the molecule is CCC1(CC)C[C@@H](NC(=O)c2ccc(S(=O)(=O)N3CCCC3)cc2)c2ccccc2O1. The summed E-state index contributed by atoms with van der Waals surface area (Å²) in [5.74, 6) is 0.600. The smallest absolute Gasteiger partial charge is 0.251 e. The number of para-hydroxylation sites is 1. The van der Waals surface area contributed by atoms with E-state index in [1.165, 1.54) is 16.4 Å². The number of hydrogen-bond donors (Lipinski definition) is 1. The van der Waals surface area contributed by atoms with Crippen LogP contribution in [-0.2, 0) is 10.0 Å². The van der Waals surface area contributed by atoms with Gasteiger partial charge in [-0.3, -0.25) is 4.79 Å². The molecule has 1 atom stereocenters. The van der Waals surface area contributed by atoms with Gasteiger partial charge in [0, 0.05) is 30.6 Å². The number of fused-ring (bicyclic) bond motifs is 1. The summed E-state index contributed by atoms with van der Waals surface area (Å²) in [6.45, 7) is 5.33. The first kappa shape index (κ1) is 21.8. The summed E-state index contributed by atoms with van der Waals surface area (Å²) in [4.78, 5) is 13.3. The van der Waals surface area contributed by atoms with Gasteiger partial charge >= 0.3 is 0 Å². The predicted molar refractivity (Wildman–Crippen MR) is 120 cm³/mol. The van der Waals surface area contributed by atoms with Gasteiger partial charge in [0.15, 0.2) is 0 Å². The summed E-state index contributed by atoms with van der Waals surface area (Å²) in [5.41, 5.74) is 1.12. The Kier molecular flexibility index (Phi) is 6.08. The van der Waals surface area contributed by atoms with Crippen LogP contribution in [0.2, 0.25) is 0 Å². The van der Waals surface area contributed by atoms with E-state index in [0.717, 1.165) is 37.0 Å². The normalized spacial score (nSPS) is 20.6. The lowest BCUT2D eigenvalue weighted by Gasteiger charge is -2.41.